The van der Waals surface area contributed by atoms with E-state index in [1.807, 2.05) is 5.38 Å². The quantitative estimate of drug-likeness (QED) is 0.482. The first-order valence-corrected chi connectivity index (χ1v) is 12.0. The van der Waals surface area contributed by atoms with Gasteiger partial charge in [-0.3, -0.25) is 9.69 Å². The van der Waals surface area contributed by atoms with Gasteiger partial charge in [-0.25, -0.2) is 4.98 Å². The monoisotopic (exact) mass is 495 g/mol. The van der Waals surface area contributed by atoms with Gasteiger partial charge in [-0.05, 0) is 43.9 Å². The van der Waals surface area contributed by atoms with Gasteiger partial charge in [0.05, 0.1) is 23.5 Å². The summed E-state index contributed by atoms with van der Waals surface area (Å²) in [6.07, 6.45) is 0.324. The normalized spacial score (nSPS) is 24.2. The molecule has 2 aliphatic rings. The largest absolute Gasteiger partial charge is 0.416 e. The zero-order valence-corrected chi connectivity index (χ0v) is 19.0. The second kappa shape index (κ2) is 8.82. The number of halogens is 3. The van der Waals surface area contributed by atoms with Crippen LogP contribution >= 0.6 is 11.3 Å². The Morgan fingerprint density at radius 3 is 2.74 bits per heavy atom. The average molecular weight is 496 g/mol. The topological polar surface area (TPSA) is 104 Å². The highest BCUT2D eigenvalue weighted by Crippen LogP contribution is 2.40. The van der Waals surface area contributed by atoms with Crippen LogP contribution in [0.5, 0.6) is 0 Å². The summed E-state index contributed by atoms with van der Waals surface area (Å²) in [5.74, 6) is -0.170. The number of nitrogens with zero attached hydrogens (tertiary/aromatic N) is 3. The Balaban J connectivity index is 1.08. The predicted molar refractivity (Wildman–Crippen MR) is 119 cm³/mol. The minimum atomic E-state index is -4.48. The molecule has 12 heteroatoms. The number of carbonyl (C=O) groups excluding carboxylic acids is 1. The number of rotatable bonds is 6. The van der Waals surface area contributed by atoms with Crippen molar-refractivity contribution in [3.8, 4) is 0 Å². The third kappa shape index (κ3) is 4.62. The molecule has 1 aromatic carbocycles. The van der Waals surface area contributed by atoms with E-state index in [1.165, 1.54) is 17.4 Å². The third-order valence-electron chi connectivity index (χ3n) is 6.62. The van der Waals surface area contributed by atoms with Crippen LogP contribution in [0.15, 0.2) is 34.3 Å². The van der Waals surface area contributed by atoms with Gasteiger partial charge in [0.15, 0.2) is 11.4 Å². The van der Waals surface area contributed by atoms with Crippen molar-refractivity contribution in [1.82, 2.24) is 20.4 Å². The number of aromatic nitrogens is 2. The molecule has 0 spiro atoms. The zero-order chi connectivity index (χ0) is 23.9. The molecule has 2 fully saturated rings. The molecule has 3 N–H and O–H groups in total. The van der Waals surface area contributed by atoms with E-state index in [1.54, 1.807) is 6.20 Å². The van der Waals surface area contributed by atoms with Gasteiger partial charge in [-0.2, -0.15) is 13.2 Å². The number of hydrogen-bond donors (Lipinski definition) is 3. The number of anilines is 1. The Kier molecular flexibility index (Phi) is 5.98. The van der Waals surface area contributed by atoms with Crippen LogP contribution in [0.1, 0.15) is 36.3 Å². The molecule has 0 bridgehead atoms. The Morgan fingerprint density at radius 1 is 1.29 bits per heavy atom. The molecule has 3 aromatic rings. The van der Waals surface area contributed by atoms with Crippen molar-refractivity contribution in [3.05, 3.63) is 40.3 Å². The predicted octanol–water partition coefficient (Wildman–Crippen LogP) is 3.35. The lowest BCUT2D eigenvalue weighted by Gasteiger charge is -2.47. The third-order valence-corrected chi connectivity index (χ3v) is 7.58. The smallest absolute Gasteiger partial charge is 0.383 e. The molecule has 0 radical (unpaired) electrons. The van der Waals surface area contributed by atoms with Crippen LogP contribution in [-0.4, -0.2) is 57.8 Å². The van der Waals surface area contributed by atoms with E-state index in [0.717, 1.165) is 43.1 Å². The van der Waals surface area contributed by atoms with Crippen molar-refractivity contribution in [2.45, 2.75) is 49.5 Å². The molecule has 34 heavy (non-hydrogen) atoms. The number of amides is 1. The molecule has 1 aliphatic heterocycles. The molecule has 1 aliphatic carbocycles. The zero-order valence-electron chi connectivity index (χ0n) is 18.1. The van der Waals surface area contributed by atoms with E-state index < -0.39 is 17.3 Å². The summed E-state index contributed by atoms with van der Waals surface area (Å²) in [5.41, 5.74) is -1.43. The number of benzene rings is 1. The van der Waals surface area contributed by atoms with Crippen LogP contribution in [0.2, 0.25) is 0 Å². The number of aliphatic hydroxyl groups is 1. The van der Waals surface area contributed by atoms with E-state index in [4.69, 9.17) is 4.52 Å². The molecule has 182 valence electrons. The Labute approximate surface area is 197 Å². The Morgan fingerprint density at radius 2 is 2.06 bits per heavy atom. The highest BCUT2D eigenvalue weighted by molar-refractivity contribution is 7.09. The Bertz CT molecular complexity index is 1150. The van der Waals surface area contributed by atoms with Crippen LogP contribution in [0.3, 0.4) is 0 Å². The molecule has 1 amide bonds. The lowest BCUT2D eigenvalue weighted by Crippen LogP contribution is -2.63. The number of likely N-dealkylation sites (tertiary alicyclic amines) is 1. The van der Waals surface area contributed by atoms with Crippen molar-refractivity contribution in [2.24, 2.45) is 0 Å². The fraction of sp³-hybridized carbons (Fsp3) is 0.500. The SMILES string of the molecule is O=C(CNc1noc2ccc(C(F)(F)F)cc12)NC1CN([C@H]2CC[C@@](O)(c3nccs3)CC2)C1. The second-order valence-corrected chi connectivity index (χ2v) is 9.81. The summed E-state index contributed by atoms with van der Waals surface area (Å²) < 4.78 is 44.0. The fourth-order valence-electron chi connectivity index (χ4n) is 4.70. The van der Waals surface area contributed by atoms with Crippen LogP contribution < -0.4 is 10.6 Å². The van der Waals surface area contributed by atoms with Gasteiger partial charge in [-0.1, -0.05) is 5.16 Å². The number of carbonyl (C=O) groups is 1. The molecule has 1 saturated carbocycles. The number of alkyl halides is 3. The van der Waals surface area contributed by atoms with E-state index in [0.29, 0.717) is 18.9 Å². The van der Waals surface area contributed by atoms with Crippen molar-refractivity contribution in [3.63, 3.8) is 0 Å². The summed E-state index contributed by atoms with van der Waals surface area (Å²) in [6, 6.07) is 3.48. The molecule has 1 saturated heterocycles. The number of thiazole rings is 1. The molecular weight excluding hydrogens is 471 g/mol. The number of nitrogens with one attached hydrogen (secondary N) is 2. The van der Waals surface area contributed by atoms with E-state index in [-0.39, 0.29) is 35.3 Å². The van der Waals surface area contributed by atoms with Crippen LogP contribution in [0.4, 0.5) is 19.0 Å². The first kappa shape index (κ1) is 23.1. The number of fused-ring (bicyclic) bond motifs is 1. The van der Waals surface area contributed by atoms with Gasteiger partial charge in [0.2, 0.25) is 5.91 Å². The summed E-state index contributed by atoms with van der Waals surface area (Å²) in [4.78, 5) is 18.9. The van der Waals surface area contributed by atoms with Crippen LogP contribution in [0, 0.1) is 0 Å². The van der Waals surface area contributed by atoms with Gasteiger partial charge in [0.25, 0.3) is 0 Å². The second-order valence-electron chi connectivity index (χ2n) is 8.91. The molecule has 0 atom stereocenters. The van der Waals surface area contributed by atoms with Crippen molar-refractivity contribution < 1.29 is 27.6 Å². The maximum Gasteiger partial charge on any atom is 0.416 e. The first-order valence-electron chi connectivity index (χ1n) is 11.1. The van der Waals surface area contributed by atoms with Crippen LogP contribution in [0.25, 0.3) is 11.0 Å². The average Bonchev–Trinajstić information content (AvgIpc) is 3.45. The fourth-order valence-corrected chi connectivity index (χ4v) is 5.50. The summed E-state index contributed by atoms with van der Waals surface area (Å²) in [5, 5.41) is 23.1. The van der Waals surface area contributed by atoms with Crippen molar-refractivity contribution >= 4 is 34.0 Å². The van der Waals surface area contributed by atoms with Crippen molar-refractivity contribution in [2.75, 3.05) is 25.0 Å². The minimum absolute atomic E-state index is 0.0138. The van der Waals surface area contributed by atoms with E-state index in [2.05, 4.69) is 25.7 Å². The maximum atomic E-state index is 13.0. The van der Waals surface area contributed by atoms with Crippen molar-refractivity contribution in [1.29, 1.82) is 0 Å². The summed E-state index contributed by atoms with van der Waals surface area (Å²) >= 11 is 1.48. The lowest BCUT2D eigenvalue weighted by molar-refractivity contribution is -0.137. The molecular formula is C22H24F3N5O3S. The van der Waals surface area contributed by atoms with Gasteiger partial charge >= 0.3 is 6.18 Å². The molecule has 2 aromatic heterocycles. The molecule has 8 nitrogen and oxygen atoms in total. The molecule has 0 unspecified atom stereocenters. The van der Waals surface area contributed by atoms with E-state index in [9.17, 15) is 23.1 Å². The molecule has 3 heterocycles. The standard InChI is InChI=1S/C22H24F3N5O3S/c23-22(24,25)13-1-2-17-16(9-13)19(29-33-17)27-10-18(31)28-14-11-30(12-14)15-3-5-21(32,6-4-15)20-26-7-8-34-20/h1-2,7-9,14-15,32H,3-6,10-12H2,(H,27,29)(H,28,31)/t15-,21-. The summed E-state index contributed by atoms with van der Waals surface area (Å²) in [7, 11) is 0. The maximum absolute atomic E-state index is 13.0. The van der Waals surface area contributed by atoms with Crippen LogP contribution in [-0.2, 0) is 16.6 Å². The first-order chi connectivity index (χ1) is 16.2. The van der Waals surface area contributed by atoms with Gasteiger partial charge in [0, 0.05) is 30.7 Å². The van der Waals surface area contributed by atoms with Gasteiger partial charge in [-0.15, -0.1) is 11.3 Å². The highest BCUT2D eigenvalue weighted by atomic mass is 32.1. The minimum Gasteiger partial charge on any atom is -0.383 e. The lowest BCUT2D eigenvalue weighted by atomic mass is 9.81. The van der Waals surface area contributed by atoms with Gasteiger partial charge in [0.1, 0.15) is 10.6 Å². The number of hydrogen-bond acceptors (Lipinski definition) is 8. The Hall–Kier alpha value is -2.70. The van der Waals surface area contributed by atoms with E-state index >= 15 is 0 Å². The van der Waals surface area contributed by atoms with Gasteiger partial charge < -0.3 is 20.3 Å². The summed E-state index contributed by atoms with van der Waals surface area (Å²) in [6.45, 7) is 1.33. The highest BCUT2D eigenvalue weighted by Gasteiger charge is 2.41. The molecule has 5 rings (SSSR count).